The number of aromatic nitrogens is 1. The third-order valence-corrected chi connectivity index (χ3v) is 4.66. The zero-order valence-corrected chi connectivity index (χ0v) is 12.4. The van der Waals surface area contributed by atoms with E-state index in [1.807, 2.05) is 6.07 Å². The second-order valence-electron chi connectivity index (χ2n) is 5.15. The van der Waals surface area contributed by atoms with E-state index in [9.17, 15) is 4.79 Å². The van der Waals surface area contributed by atoms with E-state index in [0.717, 1.165) is 35.9 Å². The van der Waals surface area contributed by atoms with Gasteiger partial charge < -0.3 is 5.32 Å². The van der Waals surface area contributed by atoms with E-state index in [4.69, 9.17) is 0 Å². The van der Waals surface area contributed by atoms with Gasteiger partial charge in [-0.05, 0) is 43.4 Å². The summed E-state index contributed by atoms with van der Waals surface area (Å²) >= 11 is 1.56. The van der Waals surface area contributed by atoms with Gasteiger partial charge in [0, 0.05) is 5.92 Å². The quantitative estimate of drug-likeness (QED) is 0.861. The highest BCUT2D eigenvalue weighted by atomic mass is 32.1. The third-order valence-electron chi connectivity index (χ3n) is 3.73. The Kier molecular flexibility index (Phi) is 3.83. The lowest BCUT2D eigenvalue weighted by Gasteiger charge is -2.15. The highest BCUT2D eigenvalue weighted by Crippen LogP contribution is 2.28. The van der Waals surface area contributed by atoms with Crippen LogP contribution in [0, 0.1) is 5.92 Å². The molecule has 1 heterocycles. The smallest absolute Gasteiger partial charge is 0.229 e. The van der Waals surface area contributed by atoms with Gasteiger partial charge in [0.05, 0.1) is 10.2 Å². The largest absolute Gasteiger partial charge is 0.302 e. The van der Waals surface area contributed by atoms with E-state index < -0.39 is 0 Å². The number of nitrogens with zero attached hydrogens (tertiary/aromatic N) is 1. The molecule has 1 aliphatic carbocycles. The number of carbonyl (C=O) groups is 1. The summed E-state index contributed by atoms with van der Waals surface area (Å²) in [4.78, 5) is 16.7. The Morgan fingerprint density at radius 2 is 2.35 bits per heavy atom. The number of hydrogen-bond acceptors (Lipinski definition) is 3. The predicted octanol–water partition coefficient (Wildman–Crippen LogP) is 4.15. The van der Waals surface area contributed by atoms with Gasteiger partial charge in [-0.2, -0.15) is 0 Å². The Bertz CT molecular complexity index is 660. The van der Waals surface area contributed by atoms with Crippen molar-refractivity contribution in [1.82, 2.24) is 4.98 Å². The van der Waals surface area contributed by atoms with Gasteiger partial charge in [-0.25, -0.2) is 4.98 Å². The molecule has 0 aliphatic heterocycles. The number of rotatable bonds is 3. The van der Waals surface area contributed by atoms with Gasteiger partial charge in [-0.15, -0.1) is 0 Å². The second kappa shape index (κ2) is 5.75. The van der Waals surface area contributed by atoms with Gasteiger partial charge in [0.25, 0.3) is 0 Å². The Balaban J connectivity index is 1.77. The minimum atomic E-state index is 0.0956. The summed E-state index contributed by atoms with van der Waals surface area (Å²) in [5, 5.41) is 3.69. The fourth-order valence-corrected chi connectivity index (χ4v) is 3.41. The van der Waals surface area contributed by atoms with Crippen LogP contribution in [0.5, 0.6) is 0 Å². The molecule has 3 nitrogen and oxygen atoms in total. The summed E-state index contributed by atoms with van der Waals surface area (Å²) in [5.74, 6) is 0.197. The molecule has 1 atom stereocenters. The third kappa shape index (κ3) is 2.75. The first-order chi connectivity index (χ1) is 9.76. The number of fused-ring (bicyclic) bond motifs is 1. The van der Waals surface area contributed by atoms with Crippen LogP contribution in [0.4, 0.5) is 5.13 Å². The van der Waals surface area contributed by atoms with E-state index >= 15 is 0 Å². The van der Waals surface area contributed by atoms with Crippen LogP contribution in [0.15, 0.2) is 30.4 Å². The normalized spacial score (nSPS) is 18.4. The Hall–Kier alpha value is -1.68. The van der Waals surface area contributed by atoms with Crippen molar-refractivity contribution in [3.63, 3.8) is 0 Å². The van der Waals surface area contributed by atoms with Crippen molar-refractivity contribution in [1.29, 1.82) is 0 Å². The zero-order valence-electron chi connectivity index (χ0n) is 11.6. The van der Waals surface area contributed by atoms with E-state index in [1.165, 1.54) is 5.56 Å². The number of benzene rings is 1. The van der Waals surface area contributed by atoms with Crippen LogP contribution < -0.4 is 5.32 Å². The SMILES string of the molecule is CCc1ccc2nc(NC(=O)C3CC=CCC3)sc2c1. The molecule has 0 radical (unpaired) electrons. The van der Waals surface area contributed by atoms with E-state index in [-0.39, 0.29) is 11.8 Å². The molecule has 0 bridgehead atoms. The fourth-order valence-electron chi connectivity index (χ4n) is 2.48. The monoisotopic (exact) mass is 286 g/mol. The lowest BCUT2D eigenvalue weighted by atomic mass is 9.94. The number of anilines is 1. The van der Waals surface area contributed by atoms with Gasteiger partial charge in [0.15, 0.2) is 5.13 Å². The van der Waals surface area contributed by atoms with Crippen LogP contribution in [0.1, 0.15) is 31.7 Å². The summed E-state index contributed by atoms with van der Waals surface area (Å²) < 4.78 is 1.14. The highest BCUT2D eigenvalue weighted by molar-refractivity contribution is 7.22. The fraction of sp³-hybridized carbons (Fsp3) is 0.375. The molecule has 0 saturated carbocycles. The van der Waals surface area contributed by atoms with E-state index in [2.05, 4.69) is 41.5 Å². The molecule has 1 aromatic heterocycles. The molecule has 1 aromatic carbocycles. The summed E-state index contributed by atoms with van der Waals surface area (Å²) in [6.45, 7) is 2.14. The maximum atomic E-state index is 12.2. The number of hydrogen-bond donors (Lipinski definition) is 1. The summed E-state index contributed by atoms with van der Waals surface area (Å²) in [7, 11) is 0. The van der Waals surface area contributed by atoms with Crippen molar-refractivity contribution >= 4 is 32.6 Å². The Morgan fingerprint density at radius 1 is 1.45 bits per heavy atom. The van der Waals surface area contributed by atoms with Crippen LogP contribution >= 0.6 is 11.3 Å². The molecule has 104 valence electrons. The summed E-state index contributed by atoms with van der Waals surface area (Å²) in [6.07, 6.45) is 8.04. The van der Waals surface area contributed by atoms with Gasteiger partial charge in [-0.3, -0.25) is 4.79 Å². The lowest BCUT2D eigenvalue weighted by molar-refractivity contribution is -0.120. The molecule has 1 unspecified atom stereocenters. The second-order valence-corrected chi connectivity index (χ2v) is 6.18. The number of nitrogens with one attached hydrogen (secondary N) is 1. The number of amides is 1. The Labute approximate surface area is 122 Å². The van der Waals surface area contributed by atoms with Crippen molar-refractivity contribution < 1.29 is 4.79 Å². The van der Waals surface area contributed by atoms with E-state index in [1.54, 1.807) is 11.3 Å². The van der Waals surface area contributed by atoms with Gasteiger partial charge in [0.2, 0.25) is 5.91 Å². The maximum absolute atomic E-state index is 12.2. The summed E-state index contributed by atoms with van der Waals surface area (Å²) in [5.41, 5.74) is 2.27. The molecule has 2 aromatic rings. The standard InChI is InChI=1S/C16H18N2OS/c1-2-11-8-9-13-14(10-11)20-16(17-13)18-15(19)12-6-4-3-5-7-12/h3-4,8-10,12H,2,5-7H2,1H3,(H,17,18,19). The van der Waals surface area contributed by atoms with Crippen molar-refractivity contribution in [2.24, 2.45) is 5.92 Å². The summed E-state index contributed by atoms with van der Waals surface area (Å²) in [6, 6.07) is 6.29. The molecule has 4 heteroatoms. The molecule has 20 heavy (non-hydrogen) atoms. The topological polar surface area (TPSA) is 42.0 Å². The molecular formula is C16H18N2OS. The molecular weight excluding hydrogens is 268 g/mol. The van der Waals surface area contributed by atoms with Gasteiger partial charge in [0.1, 0.15) is 0 Å². The first-order valence-electron chi connectivity index (χ1n) is 7.11. The average Bonchev–Trinajstić information content (AvgIpc) is 2.89. The number of allylic oxidation sites excluding steroid dienone is 2. The molecule has 0 fully saturated rings. The van der Waals surface area contributed by atoms with Crippen LogP contribution in [0.25, 0.3) is 10.2 Å². The number of aryl methyl sites for hydroxylation is 1. The highest BCUT2D eigenvalue weighted by Gasteiger charge is 2.19. The van der Waals surface area contributed by atoms with Gasteiger partial charge in [-0.1, -0.05) is 36.5 Å². The molecule has 0 spiro atoms. The first-order valence-corrected chi connectivity index (χ1v) is 7.93. The van der Waals surface area contributed by atoms with Crippen molar-refractivity contribution in [3.8, 4) is 0 Å². The van der Waals surface area contributed by atoms with E-state index in [0.29, 0.717) is 5.13 Å². The van der Waals surface area contributed by atoms with Gasteiger partial charge >= 0.3 is 0 Å². The zero-order chi connectivity index (χ0) is 13.9. The number of carbonyl (C=O) groups excluding carboxylic acids is 1. The predicted molar refractivity (Wildman–Crippen MR) is 84.1 cm³/mol. The Morgan fingerprint density at radius 3 is 3.10 bits per heavy atom. The van der Waals surface area contributed by atoms with Crippen LogP contribution in [0.3, 0.4) is 0 Å². The first kappa shape index (κ1) is 13.3. The minimum absolute atomic E-state index is 0.0956. The minimum Gasteiger partial charge on any atom is -0.302 e. The molecule has 1 amide bonds. The van der Waals surface area contributed by atoms with Crippen molar-refractivity contribution in [3.05, 3.63) is 35.9 Å². The van der Waals surface area contributed by atoms with Crippen LogP contribution in [-0.2, 0) is 11.2 Å². The number of thiazole rings is 1. The average molecular weight is 286 g/mol. The molecule has 1 aliphatic rings. The van der Waals surface area contributed by atoms with Crippen molar-refractivity contribution in [2.45, 2.75) is 32.6 Å². The molecule has 0 saturated heterocycles. The maximum Gasteiger partial charge on any atom is 0.229 e. The van der Waals surface area contributed by atoms with Crippen LogP contribution in [0.2, 0.25) is 0 Å². The lowest BCUT2D eigenvalue weighted by Crippen LogP contribution is -2.23. The van der Waals surface area contributed by atoms with Crippen molar-refractivity contribution in [2.75, 3.05) is 5.32 Å². The molecule has 1 N–H and O–H groups in total. The molecule has 3 rings (SSSR count). The van der Waals surface area contributed by atoms with Crippen LogP contribution in [-0.4, -0.2) is 10.9 Å².